The molecule has 0 spiro atoms. The normalized spacial score (nSPS) is 18.6. The Bertz CT molecular complexity index is 1120. The fraction of sp³-hybridized carbons (Fsp3) is 0.273. The van der Waals surface area contributed by atoms with E-state index in [4.69, 9.17) is 15.2 Å². The van der Waals surface area contributed by atoms with E-state index in [0.29, 0.717) is 23.8 Å². The number of nitrogens with zero attached hydrogens (tertiary/aromatic N) is 2. The lowest BCUT2D eigenvalue weighted by atomic mass is 10.1. The predicted octanol–water partition coefficient (Wildman–Crippen LogP) is 0.423. The number of carbonyl (C=O) groups is 3. The Balaban J connectivity index is 1.50. The van der Waals surface area contributed by atoms with Crippen LogP contribution in [0.2, 0.25) is 0 Å². The highest BCUT2D eigenvalue weighted by molar-refractivity contribution is 6.07. The molecule has 166 valence electrons. The van der Waals surface area contributed by atoms with Gasteiger partial charge in [0.1, 0.15) is 5.84 Å². The number of anilines is 2. The van der Waals surface area contributed by atoms with Crippen molar-refractivity contribution in [2.24, 2.45) is 10.7 Å². The number of carbonyl (C=O) groups excluding carboxylic acids is 3. The number of esters is 1. The van der Waals surface area contributed by atoms with E-state index < -0.39 is 30.0 Å². The van der Waals surface area contributed by atoms with Crippen molar-refractivity contribution in [2.75, 3.05) is 30.5 Å². The van der Waals surface area contributed by atoms with E-state index in [1.165, 1.54) is 18.1 Å². The fourth-order valence-electron chi connectivity index (χ4n) is 3.72. The zero-order valence-electron chi connectivity index (χ0n) is 17.3. The Kier molecular flexibility index (Phi) is 5.89. The summed E-state index contributed by atoms with van der Waals surface area (Å²) in [4.78, 5) is 43.2. The van der Waals surface area contributed by atoms with Gasteiger partial charge in [-0.05, 0) is 35.9 Å². The number of nitrogens with one attached hydrogen (secondary N) is 1. The lowest BCUT2D eigenvalue weighted by molar-refractivity contribution is -0.150. The van der Waals surface area contributed by atoms with Gasteiger partial charge in [0.15, 0.2) is 12.2 Å². The van der Waals surface area contributed by atoms with E-state index in [1.807, 2.05) is 0 Å². The number of aliphatic hydroxyl groups excluding tert-OH is 1. The van der Waals surface area contributed by atoms with E-state index in [9.17, 15) is 19.5 Å². The predicted molar refractivity (Wildman–Crippen MR) is 115 cm³/mol. The maximum atomic E-state index is 13.1. The first kappa shape index (κ1) is 21.5. The van der Waals surface area contributed by atoms with Crippen LogP contribution in [-0.2, 0) is 25.6 Å². The second-order valence-corrected chi connectivity index (χ2v) is 7.30. The molecule has 32 heavy (non-hydrogen) atoms. The molecule has 4 rings (SSSR count). The van der Waals surface area contributed by atoms with Crippen molar-refractivity contribution in [1.82, 2.24) is 0 Å². The topological polar surface area (TPSA) is 144 Å². The number of hydrogen-bond acceptors (Lipinski definition) is 8. The number of nitrogens with two attached hydrogens (primary N) is 1. The standard InChI is InChI=1S/C22H22N4O6/c1-31-22(30)15-4-2-3-5-16(15)26-8-9-32-18(21(26)29)17(27)20(28)25-13-6-7-14-12(10-13)11-24-19(14)23/h2-7,10,17-18,27H,8-9,11H2,1H3,(H2,23,24)(H,25,28)/t17-,18?/m1/s1. The van der Waals surface area contributed by atoms with Crippen LogP contribution in [0.5, 0.6) is 0 Å². The van der Waals surface area contributed by atoms with Crippen LogP contribution < -0.4 is 16.0 Å². The van der Waals surface area contributed by atoms with Gasteiger partial charge in [-0.25, -0.2) is 4.79 Å². The minimum absolute atomic E-state index is 0.0751. The molecule has 0 aromatic heterocycles. The van der Waals surface area contributed by atoms with Gasteiger partial charge in [-0.1, -0.05) is 12.1 Å². The Morgan fingerprint density at radius 1 is 1.31 bits per heavy atom. The number of para-hydroxylation sites is 1. The Morgan fingerprint density at radius 2 is 2.09 bits per heavy atom. The molecule has 2 aromatic rings. The molecule has 4 N–H and O–H groups in total. The van der Waals surface area contributed by atoms with Gasteiger partial charge in [0.25, 0.3) is 11.8 Å². The van der Waals surface area contributed by atoms with Crippen molar-refractivity contribution in [3.63, 3.8) is 0 Å². The van der Waals surface area contributed by atoms with E-state index in [0.717, 1.165) is 11.1 Å². The number of amides is 2. The van der Waals surface area contributed by atoms with Gasteiger partial charge in [-0.3, -0.25) is 14.6 Å². The summed E-state index contributed by atoms with van der Waals surface area (Å²) in [5, 5.41) is 13.2. The SMILES string of the molecule is COC(=O)c1ccccc1N1CCOC([C@@H](O)C(=O)Nc2ccc3c(c2)CN=C3N)C1=O. The minimum atomic E-state index is -1.76. The van der Waals surface area contributed by atoms with Crippen LogP contribution in [0.4, 0.5) is 11.4 Å². The van der Waals surface area contributed by atoms with Crippen molar-refractivity contribution in [3.8, 4) is 0 Å². The smallest absolute Gasteiger partial charge is 0.339 e. The number of rotatable bonds is 5. The lowest BCUT2D eigenvalue weighted by Crippen LogP contribution is -2.55. The molecular weight excluding hydrogens is 416 g/mol. The summed E-state index contributed by atoms with van der Waals surface area (Å²) < 4.78 is 10.2. The van der Waals surface area contributed by atoms with Crippen LogP contribution in [0.1, 0.15) is 21.5 Å². The van der Waals surface area contributed by atoms with E-state index in [2.05, 4.69) is 10.3 Å². The van der Waals surface area contributed by atoms with Crippen molar-refractivity contribution in [2.45, 2.75) is 18.8 Å². The zero-order chi connectivity index (χ0) is 22.8. The number of benzene rings is 2. The summed E-state index contributed by atoms with van der Waals surface area (Å²) in [5.41, 5.74) is 8.40. The van der Waals surface area contributed by atoms with Crippen LogP contribution in [0, 0.1) is 0 Å². The molecule has 10 heteroatoms. The number of hydrogen-bond donors (Lipinski definition) is 3. The quantitative estimate of drug-likeness (QED) is 0.574. The molecule has 0 bridgehead atoms. The average Bonchev–Trinajstić information content (AvgIpc) is 3.18. The molecule has 0 radical (unpaired) electrons. The molecule has 1 unspecified atom stereocenters. The summed E-state index contributed by atoms with van der Waals surface area (Å²) in [7, 11) is 1.25. The lowest BCUT2D eigenvalue weighted by Gasteiger charge is -2.34. The highest BCUT2D eigenvalue weighted by atomic mass is 16.5. The summed E-state index contributed by atoms with van der Waals surface area (Å²) in [6, 6.07) is 11.5. The number of ether oxygens (including phenoxy) is 2. The highest BCUT2D eigenvalue weighted by Gasteiger charge is 2.40. The average molecular weight is 438 g/mol. The number of aliphatic imine (C=N–C) groups is 1. The van der Waals surface area contributed by atoms with Gasteiger partial charge in [-0.2, -0.15) is 0 Å². The molecular formula is C22H22N4O6. The molecule has 10 nitrogen and oxygen atoms in total. The summed E-state index contributed by atoms with van der Waals surface area (Å²) in [6.45, 7) is 0.641. The van der Waals surface area contributed by atoms with E-state index >= 15 is 0 Å². The van der Waals surface area contributed by atoms with E-state index in [1.54, 1.807) is 36.4 Å². The minimum Gasteiger partial charge on any atom is -0.465 e. The zero-order valence-corrected chi connectivity index (χ0v) is 17.3. The van der Waals surface area contributed by atoms with Crippen LogP contribution in [-0.4, -0.2) is 61.2 Å². The Morgan fingerprint density at radius 3 is 2.88 bits per heavy atom. The van der Waals surface area contributed by atoms with Crippen molar-refractivity contribution >= 4 is 35.0 Å². The van der Waals surface area contributed by atoms with Gasteiger partial charge in [-0.15, -0.1) is 0 Å². The first-order valence-electron chi connectivity index (χ1n) is 9.93. The highest BCUT2D eigenvalue weighted by Crippen LogP contribution is 2.26. The van der Waals surface area contributed by atoms with Gasteiger partial charge in [0.05, 0.1) is 31.5 Å². The maximum absolute atomic E-state index is 13.1. The second-order valence-electron chi connectivity index (χ2n) is 7.30. The number of aliphatic hydroxyl groups is 1. The summed E-state index contributed by atoms with van der Waals surface area (Å²) in [5.74, 6) is -1.59. The number of morpholine rings is 1. The van der Waals surface area contributed by atoms with Gasteiger partial charge < -0.3 is 30.5 Å². The van der Waals surface area contributed by atoms with Crippen LogP contribution in [0.15, 0.2) is 47.5 Å². The maximum Gasteiger partial charge on any atom is 0.339 e. The molecule has 1 saturated heterocycles. The largest absolute Gasteiger partial charge is 0.465 e. The first-order valence-corrected chi connectivity index (χ1v) is 9.93. The molecule has 2 heterocycles. The van der Waals surface area contributed by atoms with Gasteiger partial charge in [0.2, 0.25) is 0 Å². The molecule has 1 fully saturated rings. The fourth-order valence-corrected chi connectivity index (χ4v) is 3.72. The molecule has 2 atom stereocenters. The van der Waals surface area contributed by atoms with Crippen LogP contribution in [0.3, 0.4) is 0 Å². The van der Waals surface area contributed by atoms with Gasteiger partial charge >= 0.3 is 5.97 Å². The van der Waals surface area contributed by atoms with Crippen LogP contribution in [0.25, 0.3) is 0 Å². The monoisotopic (exact) mass is 438 g/mol. The Labute approximate surface area is 183 Å². The third-order valence-corrected chi connectivity index (χ3v) is 5.35. The molecule has 0 aliphatic carbocycles. The third kappa shape index (κ3) is 3.93. The summed E-state index contributed by atoms with van der Waals surface area (Å²) >= 11 is 0. The number of methoxy groups -OCH3 is 1. The Hall–Kier alpha value is -3.76. The van der Waals surface area contributed by atoms with Crippen molar-refractivity contribution in [3.05, 3.63) is 59.2 Å². The van der Waals surface area contributed by atoms with Gasteiger partial charge in [0, 0.05) is 17.8 Å². The van der Waals surface area contributed by atoms with Crippen molar-refractivity contribution in [1.29, 1.82) is 0 Å². The summed E-state index contributed by atoms with van der Waals surface area (Å²) in [6.07, 6.45) is -3.19. The number of amidine groups is 1. The first-order chi connectivity index (χ1) is 15.4. The molecule has 0 saturated carbocycles. The molecule has 2 aromatic carbocycles. The second kappa shape index (κ2) is 8.77. The molecule has 2 amide bonds. The van der Waals surface area contributed by atoms with Crippen molar-refractivity contribution < 1.29 is 29.0 Å². The molecule has 2 aliphatic rings. The third-order valence-electron chi connectivity index (χ3n) is 5.35. The van der Waals surface area contributed by atoms with E-state index in [-0.39, 0.29) is 18.7 Å². The van der Waals surface area contributed by atoms with Crippen LogP contribution >= 0.6 is 0 Å². The molecule has 2 aliphatic heterocycles. The number of fused-ring (bicyclic) bond motifs is 1.